The minimum absolute atomic E-state index is 0.755. The Morgan fingerprint density at radius 2 is 2.07 bits per heavy atom. The Bertz CT molecular complexity index is 124. The average molecular weight is 199 g/mol. The van der Waals surface area contributed by atoms with Crippen molar-refractivity contribution in [2.75, 3.05) is 26.3 Å². The summed E-state index contributed by atoms with van der Waals surface area (Å²) in [6.45, 7) is 8.61. The van der Waals surface area contributed by atoms with Gasteiger partial charge in [-0.15, -0.1) is 0 Å². The van der Waals surface area contributed by atoms with Crippen molar-refractivity contribution in [3.05, 3.63) is 0 Å². The maximum absolute atomic E-state index is 5.55. The van der Waals surface area contributed by atoms with E-state index < -0.39 is 0 Å². The van der Waals surface area contributed by atoms with Gasteiger partial charge in [-0.05, 0) is 37.8 Å². The molecule has 0 heterocycles. The largest absolute Gasteiger partial charge is 0.381 e. The molecular formula is C12H25NO. The molecule has 0 unspecified atom stereocenters. The van der Waals surface area contributed by atoms with Crippen LogP contribution in [0.4, 0.5) is 0 Å². The van der Waals surface area contributed by atoms with Crippen LogP contribution in [0.3, 0.4) is 0 Å². The molecule has 1 fully saturated rings. The molecular weight excluding hydrogens is 174 g/mol. The number of ether oxygens (including phenoxy) is 1. The summed E-state index contributed by atoms with van der Waals surface area (Å²) < 4.78 is 5.55. The Balaban J connectivity index is 1.66. The second kappa shape index (κ2) is 7.24. The highest BCUT2D eigenvalue weighted by Gasteiger charge is 2.20. The van der Waals surface area contributed by atoms with E-state index in [1.165, 1.54) is 19.3 Å². The lowest BCUT2D eigenvalue weighted by atomic mass is 10.2. The normalized spacial score (nSPS) is 16.5. The zero-order valence-electron chi connectivity index (χ0n) is 9.72. The molecule has 0 aromatic heterocycles. The summed E-state index contributed by atoms with van der Waals surface area (Å²) in [5.74, 6) is 1.76. The highest BCUT2D eigenvalue weighted by molar-refractivity contribution is 4.72. The van der Waals surface area contributed by atoms with Gasteiger partial charge in [0.15, 0.2) is 0 Å². The average Bonchev–Trinajstić information content (AvgIpc) is 2.92. The molecule has 14 heavy (non-hydrogen) atoms. The van der Waals surface area contributed by atoms with Gasteiger partial charge in [0.1, 0.15) is 0 Å². The van der Waals surface area contributed by atoms with Crippen LogP contribution in [0.25, 0.3) is 0 Å². The van der Waals surface area contributed by atoms with Crippen LogP contribution in [0.15, 0.2) is 0 Å². The summed E-state index contributed by atoms with van der Waals surface area (Å²) in [7, 11) is 0. The molecule has 84 valence electrons. The second-order valence-corrected chi connectivity index (χ2v) is 4.80. The van der Waals surface area contributed by atoms with Crippen LogP contribution in [-0.4, -0.2) is 26.3 Å². The molecule has 1 aliphatic carbocycles. The first-order valence-corrected chi connectivity index (χ1v) is 6.07. The third-order valence-electron chi connectivity index (χ3n) is 2.56. The molecule has 1 saturated carbocycles. The molecule has 1 rings (SSSR count). The van der Waals surface area contributed by atoms with E-state index in [-0.39, 0.29) is 0 Å². The summed E-state index contributed by atoms with van der Waals surface area (Å²) >= 11 is 0. The van der Waals surface area contributed by atoms with Crippen molar-refractivity contribution >= 4 is 0 Å². The topological polar surface area (TPSA) is 21.3 Å². The molecule has 0 bridgehead atoms. The predicted molar refractivity (Wildman–Crippen MR) is 60.5 cm³/mol. The van der Waals surface area contributed by atoms with Crippen molar-refractivity contribution in [3.63, 3.8) is 0 Å². The number of hydrogen-bond donors (Lipinski definition) is 1. The molecule has 0 spiro atoms. The predicted octanol–water partition coefficient (Wildman–Crippen LogP) is 2.44. The van der Waals surface area contributed by atoms with Gasteiger partial charge in [0.2, 0.25) is 0 Å². The summed E-state index contributed by atoms with van der Waals surface area (Å²) in [5, 5.41) is 3.42. The van der Waals surface area contributed by atoms with Gasteiger partial charge in [-0.3, -0.25) is 0 Å². The monoisotopic (exact) mass is 199 g/mol. The molecule has 2 nitrogen and oxygen atoms in total. The van der Waals surface area contributed by atoms with Gasteiger partial charge in [0.25, 0.3) is 0 Å². The Morgan fingerprint density at radius 3 is 2.71 bits per heavy atom. The van der Waals surface area contributed by atoms with E-state index in [1.807, 2.05) is 0 Å². The Labute approximate surface area is 88.4 Å². The van der Waals surface area contributed by atoms with Crippen molar-refractivity contribution in [2.45, 2.75) is 39.5 Å². The van der Waals surface area contributed by atoms with E-state index >= 15 is 0 Å². The van der Waals surface area contributed by atoms with Gasteiger partial charge in [0, 0.05) is 13.2 Å². The highest BCUT2D eigenvalue weighted by Crippen LogP contribution is 2.31. The quantitative estimate of drug-likeness (QED) is 0.576. The van der Waals surface area contributed by atoms with E-state index in [2.05, 4.69) is 19.2 Å². The SMILES string of the molecule is CC(C)CNCCCOCCC1CC1. The minimum atomic E-state index is 0.755. The fourth-order valence-electron chi connectivity index (χ4n) is 1.45. The molecule has 0 aromatic carbocycles. The lowest BCUT2D eigenvalue weighted by Crippen LogP contribution is -2.21. The van der Waals surface area contributed by atoms with Gasteiger partial charge >= 0.3 is 0 Å². The third-order valence-corrected chi connectivity index (χ3v) is 2.56. The van der Waals surface area contributed by atoms with Gasteiger partial charge in [-0.1, -0.05) is 26.7 Å². The van der Waals surface area contributed by atoms with E-state index in [9.17, 15) is 0 Å². The summed E-state index contributed by atoms with van der Waals surface area (Å²) in [5.41, 5.74) is 0. The van der Waals surface area contributed by atoms with Crippen LogP contribution in [0.5, 0.6) is 0 Å². The van der Waals surface area contributed by atoms with Crippen LogP contribution in [0.1, 0.15) is 39.5 Å². The fourth-order valence-corrected chi connectivity index (χ4v) is 1.45. The molecule has 0 aromatic rings. The van der Waals surface area contributed by atoms with Gasteiger partial charge < -0.3 is 10.1 Å². The zero-order valence-corrected chi connectivity index (χ0v) is 9.72. The zero-order chi connectivity index (χ0) is 10.2. The molecule has 0 amide bonds. The highest BCUT2D eigenvalue weighted by atomic mass is 16.5. The minimum Gasteiger partial charge on any atom is -0.381 e. The molecule has 1 N–H and O–H groups in total. The number of rotatable bonds is 9. The first-order valence-electron chi connectivity index (χ1n) is 6.07. The number of hydrogen-bond acceptors (Lipinski definition) is 2. The third kappa shape index (κ3) is 7.34. The van der Waals surface area contributed by atoms with Gasteiger partial charge in [-0.25, -0.2) is 0 Å². The second-order valence-electron chi connectivity index (χ2n) is 4.80. The van der Waals surface area contributed by atoms with E-state index in [0.717, 1.165) is 44.6 Å². The maximum Gasteiger partial charge on any atom is 0.0478 e. The Hall–Kier alpha value is -0.0800. The van der Waals surface area contributed by atoms with Crippen LogP contribution >= 0.6 is 0 Å². The summed E-state index contributed by atoms with van der Waals surface area (Å²) in [6, 6.07) is 0. The van der Waals surface area contributed by atoms with Crippen molar-refractivity contribution in [1.82, 2.24) is 5.32 Å². The molecule has 2 heteroatoms. The first kappa shape index (κ1) is 12.0. The van der Waals surface area contributed by atoms with Crippen LogP contribution < -0.4 is 5.32 Å². The fraction of sp³-hybridized carbons (Fsp3) is 1.00. The van der Waals surface area contributed by atoms with E-state index in [1.54, 1.807) is 0 Å². The molecule has 0 saturated heterocycles. The van der Waals surface area contributed by atoms with Crippen molar-refractivity contribution in [2.24, 2.45) is 11.8 Å². The molecule has 1 aliphatic rings. The van der Waals surface area contributed by atoms with Crippen molar-refractivity contribution < 1.29 is 4.74 Å². The lowest BCUT2D eigenvalue weighted by molar-refractivity contribution is 0.125. The molecule has 0 aliphatic heterocycles. The lowest BCUT2D eigenvalue weighted by Gasteiger charge is -2.07. The van der Waals surface area contributed by atoms with Gasteiger partial charge in [-0.2, -0.15) is 0 Å². The Morgan fingerprint density at radius 1 is 1.29 bits per heavy atom. The summed E-state index contributed by atoms with van der Waals surface area (Å²) in [4.78, 5) is 0. The molecule has 0 radical (unpaired) electrons. The Kier molecular flexibility index (Phi) is 6.20. The van der Waals surface area contributed by atoms with Crippen LogP contribution in [0, 0.1) is 11.8 Å². The molecule has 0 atom stereocenters. The maximum atomic E-state index is 5.55. The number of nitrogens with one attached hydrogen (secondary N) is 1. The first-order chi connectivity index (χ1) is 6.79. The van der Waals surface area contributed by atoms with Crippen molar-refractivity contribution in [1.29, 1.82) is 0 Å². The van der Waals surface area contributed by atoms with Crippen LogP contribution in [-0.2, 0) is 4.74 Å². The summed E-state index contributed by atoms with van der Waals surface area (Å²) in [6.07, 6.45) is 5.33. The van der Waals surface area contributed by atoms with Gasteiger partial charge in [0.05, 0.1) is 0 Å². The van der Waals surface area contributed by atoms with E-state index in [4.69, 9.17) is 4.74 Å². The van der Waals surface area contributed by atoms with Crippen molar-refractivity contribution in [3.8, 4) is 0 Å². The van der Waals surface area contributed by atoms with Crippen LogP contribution in [0.2, 0.25) is 0 Å². The van der Waals surface area contributed by atoms with E-state index in [0.29, 0.717) is 0 Å². The smallest absolute Gasteiger partial charge is 0.0478 e. The standard InChI is InChI=1S/C12H25NO/c1-11(2)10-13-7-3-8-14-9-6-12-4-5-12/h11-13H,3-10H2,1-2H3.